The van der Waals surface area contributed by atoms with Gasteiger partial charge in [0, 0.05) is 17.4 Å². The van der Waals surface area contributed by atoms with Crippen LogP contribution in [0.4, 0.5) is 11.4 Å². The van der Waals surface area contributed by atoms with Gasteiger partial charge < -0.3 is 10.4 Å². The van der Waals surface area contributed by atoms with Gasteiger partial charge in [0.25, 0.3) is 5.69 Å². The fourth-order valence-corrected chi connectivity index (χ4v) is 1.93. The van der Waals surface area contributed by atoms with Crippen molar-refractivity contribution in [2.45, 2.75) is 13.5 Å². The second kappa shape index (κ2) is 5.75. The highest BCUT2D eigenvalue weighted by Gasteiger charge is 2.12. The molecule has 1 heterocycles. The van der Waals surface area contributed by atoms with E-state index >= 15 is 0 Å². The summed E-state index contributed by atoms with van der Waals surface area (Å²) in [5.41, 5.74) is 1.76. The van der Waals surface area contributed by atoms with Crippen LogP contribution in [0.5, 0.6) is 5.75 Å². The Kier molecular flexibility index (Phi) is 4.05. The molecule has 0 fully saturated rings. The molecule has 0 unspecified atom stereocenters. The lowest BCUT2D eigenvalue weighted by Crippen LogP contribution is -2.03. The maximum Gasteiger partial charge on any atom is 0.288 e. The van der Waals surface area contributed by atoms with E-state index in [1.165, 1.54) is 12.1 Å². The molecular weight excluding hydrogens is 282 g/mol. The molecule has 0 spiro atoms. The minimum atomic E-state index is -0.542. The molecule has 2 aromatic rings. The number of nitrogens with one attached hydrogen (secondary N) is 1. The molecule has 0 bridgehead atoms. The second-order valence-electron chi connectivity index (χ2n) is 4.20. The highest BCUT2D eigenvalue weighted by molar-refractivity contribution is 6.32. The summed E-state index contributed by atoms with van der Waals surface area (Å²) in [7, 11) is 0. The zero-order chi connectivity index (χ0) is 14.7. The minimum Gasteiger partial charge on any atom is -0.506 e. The number of nitro groups is 1. The summed E-state index contributed by atoms with van der Waals surface area (Å²) in [6, 6.07) is 7.63. The predicted octanol–water partition coefficient (Wildman–Crippen LogP) is 3.27. The Morgan fingerprint density at radius 1 is 1.40 bits per heavy atom. The number of benzene rings is 1. The van der Waals surface area contributed by atoms with Crippen LogP contribution in [-0.4, -0.2) is 15.0 Å². The average Bonchev–Trinajstić information content (AvgIpc) is 2.39. The molecule has 20 heavy (non-hydrogen) atoms. The lowest BCUT2D eigenvalue weighted by Gasteiger charge is -2.08. The van der Waals surface area contributed by atoms with Gasteiger partial charge in [-0.05, 0) is 31.2 Å². The van der Waals surface area contributed by atoms with E-state index in [-0.39, 0.29) is 16.5 Å². The molecule has 7 heteroatoms. The molecule has 1 aromatic carbocycles. The summed E-state index contributed by atoms with van der Waals surface area (Å²) in [5.74, 6) is 0.0936. The molecular formula is C13H12ClN3O3. The Morgan fingerprint density at radius 2 is 2.15 bits per heavy atom. The lowest BCUT2D eigenvalue weighted by atomic mass is 10.2. The Balaban J connectivity index is 2.13. The number of nitro benzene ring substituents is 1. The topological polar surface area (TPSA) is 88.3 Å². The Hall–Kier alpha value is -2.34. The number of anilines is 1. The predicted molar refractivity (Wildman–Crippen MR) is 76.1 cm³/mol. The summed E-state index contributed by atoms with van der Waals surface area (Å²) in [6.45, 7) is 2.12. The number of pyridine rings is 1. The van der Waals surface area contributed by atoms with Crippen LogP contribution in [0.1, 0.15) is 11.4 Å². The van der Waals surface area contributed by atoms with E-state index in [1.54, 1.807) is 18.2 Å². The number of halogens is 1. The number of aromatic hydroxyl groups is 1. The Morgan fingerprint density at radius 3 is 2.80 bits per heavy atom. The van der Waals surface area contributed by atoms with E-state index in [0.29, 0.717) is 17.9 Å². The normalized spacial score (nSPS) is 10.3. The highest BCUT2D eigenvalue weighted by atomic mass is 35.5. The van der Waals surface area contributed by atoms with Gasteiger partial charge >= 0.3 is 0 Å². The number of rotatable bonds is 4. The van der Waals surface area contributed by atoms with E-state index in [2.05, 4.69) is 10.3 Å². The Bertz CT molecular complexity index is 661. The van der Waals surface area contributed by atoms with Crippen molar-refractivity contribution in [3.63, 3.8) is 0 Å². The van der Waals surface area contributed by atoms with Crippen molar-refractivity contribution >= 4 is 23.0 Å². The molecule has 0 aliphatic rings. The maximum atomic E-state index is 10.7. The van der Waals surface area contributed by atoms with Gasteiger partial charge in [-0.15, -0.1) is 0 Å². The molecule has 0 saturated heterocycles. The largest absolute Gasteiger partial charge is 0.506 e. The molecule has 0 aliphatic carbocycles. The zero-order valence-electron chi connectivity index (χ0n) is 10.6. The standard InChI is InChI=1S/C13H12ClN3O3/c1-8-2-5-13(18)11(16-8)7-15-9-3-4-12(17(19)20)10(14)6-9/h2-6,15,18H,7H2,1H3. The van der Waals surface area contributed by atoms with Gasteiger partial charge in [0.05, 0.1) is 11.5 Å². The number of nitrogens with zero attached hydrogens (tertiary/aromatic N) is 2. The first kappa shape index (κ1) is 14.1. The van der Waals surface area contributed by atoms with Crippen LogP contribution in [0.3, 0.4) is 0 Å². The van der Waals surface area contributed by atoms with E-state index < -0.39 is 4.92 Å². The third-order valence-electron chi connectivity index (χ3n) is 2.69. The van der Waals surface area contributed by atoms with Gasteiger partial charge in [0.15, 0.2) is 0 Å². The van der Waals surface area contributed by atoms with Crippen molar-refractivity contribution in [1.82, 2.24) is 4.98 Å². The third kappa shape index (κ3) is 3.16. The molecule has 104 valence electrons. The van der Waals surface area contributed by atoms with Crippen LogP contribution in [0, 0.1) is 17.0 Å². The van der Waals surface area contributed by atoms with Crippen LogP contribution in [0.2, 0.25) is 5.02 Å². The maximum absolute atomic E-state index is 10.7. The van der Waals surface area contributed by atoms with E-state index in [4.69, 9.17) is 11.6 Å². The number of aromatic nitrogens is 1. The second-order valence-corrected chi connectivity index (χ2v) is 4.60. The molecule has 2 rings (SSSR count). The number of aryl methyl sites for hydroxylation is 1. The van der Waals surface area contributed by atoms with Gasteiger partial charge in [0.2, 0.25) is 0 Å². The van der Waals surface area contributed by atoms with Gasteiger partial charge in [0.1, 0.15) is 16.5 Å². The molecule has 0 amide bonds. The van der Waals surface area contributed by atoms with E-state index in [0.717, 1.165) is 5.69 Å². The first-order chi connectivity index (χ1) is 9.47. The van der Waals surface area contributed by atoms with Crippen molar-refractivity contribution in [2.75, 3.05) is 5.32 Å². The van der Waals surface area contributed by atoms with Crippen molar-refractivity contribution in [3.8, 4) is 5.75 Å². The molecule has 0 aliphatic heterocycles. The van der Waals surface area contributed by atoms with Crippen molar-refractivity contribution in [2.24, 2.45) is 0 Å². The SMILES string of the molecule is Cc1ccc(O)c(CNc2ccc([N+](=O)[O-])c(Cl)c2)n1. The first-order valence-corrected chi connectivity index (χ1v) is 6.18. The zero-order valence-corrected chi connectivity index (χ0v) is 11.4. The van der Waals surface area contributed by atoms with Gasteiger partial charge in [-0.3, -0.25) is 15.1 Å². The smallest absolute Gasteiger partial charge is 0.288 e. The summed E-state index contributed by atoms with van der Waals surface area (Å²) in [4.78, 5) is 14.3. The molecule has 2 N–H and O–H groups in total. The van der Waals surface area contributed by atoms with Crippen LogP contribution >= 0.6 is 11.6 Å². The van der Waals surface area contributed by atoms with Crippen LogP contribution in [0.25, 0.3) is 0 Å². The molecule has 0 saturated carbocycles. The van der Waals surface area contributed by atoms with Crippen LogP contribution < -0.4 is 5.32 Å². The fourth-order valence-electron chi connectivity index (χ4n) is 1.68. The summed E-state index contributed by atoms with van der Waals surface area (Å²) < 4.78 is 0. The van der Waals surface area contributed by atoms with Gasteiger partial charge in [-0.25, -0.2) is 0 Å². The van der Waals surface area contributed by atoms with E-state index in [9.17, 15) is 15.2 Å². The van der Waals surface area contributed by atoms with Crippen LogP contribution in [0.15, 0.2) is 30.3 Å². The van der Waals surface area contributed by atoms with Crippen molar-refractivity contribution in [1.29, 1.82) is 0 Å². The molecule has 1 aromatic heterocycles. The Labute approximate surface area is 120 Å². The van der Waals surface area contributed by atoms with Gasteiger partial charge in [-0.1, -0.05) is 11.6 Å². The fraction of sp³-hybridized carbons (Fsp3) is 0.154. The first-order valence-electron chi connectivity index (χ1n) is 5.80. The lowest BCUT2D eigenvalue weighted by molar-refractivity contribution is -0.384. The number of hydrogen-bond acceptors (Lipinski definition) is 5. The summed E-state index contributed by atoms with van der Waals surface area (Å²) >= 11 is 5.82. The molecule has 0 radical (unpaired) electrons. The van der Waals surface area contributed by atoms with Crippen LogP contribution in [-0.2, 0) is 6.54 Å². The van der Waals surface area contributed by atoms with E-state index in [1.807, 2.05) is 6.92 Å². The molecule has 0 atom stereocenters. The monoisotopic (exact) mass is 293 g/mol. The highest BCUT2D eigenvalue weighted by Crippen LogP contribution is 2.27. The quantitative estimate of drug-likeness (QED) is 0.667. The average molecular weight is 294 g/mol. The summed E-state index contributed by atoms with van der Waals surface area (Å²) in [6.07, 6.45) is 0. The van der Waals surface area contributed by atoms with Crippen molar-refractivity contribution < 1.29 is 10.0 Å². The molecule has 6 nitrogen and oxygen atoms in total. The van der Waals surface area contributed by atoms with Crippen molar-refractivity contribution in [3.05, 3.63) is 56.9 Å². The van der Waals surface area contributed by atoms with Gasteiger partial charge in [-0.2, -0.15) is 0 Å². The minimum absolute atomic E-state index is 0.0569. The number of hydrogen-bond donors (Lipinski definition) is 2. The third-order valence-corrected chi connectivity index (χ3v) is 3.00. The summed E-state index contributed by atoms with van der Waals surface area (Å²) in [5, 5.41) is 23.4.